The highest BCUT2D eigenvalue weighted by Crippen LogP contribution is 2.31. The molecule has 0 spiro atoms. The first-order valence-electron chi connectivity index (χ1n) is 4.51. The molecule has 1 aromatic rings. The van der Waals surface area contributed by atoms with Crippen molar-refractivity contribution in [3.63, 3.8) is 0 Å². The van der Waals surface area contributed by atoms with E-state index in [0.29, 0.717) is 10.2 Å². The zero-order valence-electron chi connectivity index (χ0n) is 7.58. The van der Waals surface area contributed by atoms with Crippen molar-refractivity contribution in [3.8, 4) is 0 Å². The van der Waals surface area contributed by atoms with Crippen molar-refractivity contribution in [2.24, 2.45) is 5.84 Å². The highest BCUT2D eigenvalue weighted by molar-refractivity contribution is 6.41. The van der Waals surface area contributed by atoms with Crippen molar-refractivity contribution in [2.45, 2.75) is 18.9 Å². The summed E-state index contributed by atoms with van der Waals surface area (Å²) in [5, 5.41) is 2.66. The molecule has 2 heterocycles. The lowest BCUT2D eigenvalue weighted by molar-refractivity contribution is 0.266. The van der Waals surface area contributed by atoms with Gasteiger partial charge < -0.3 is 0 Å². The molecule has 1 saturated heterocycles. The minimum absolute atomic E-state index is 0.234. The maximum atomic E-state index is 5.89. The molecule has 76 valence electrons. The van der Waals surface area contributed by atoms with Crippen LogP contribution in [-0.4, -0.2) is 16.5 Å². The van der Waals surface area contributed by atoms with E-state index < -0.39 is 0 Å². The molecular formula is C9H11Cl2N3. The number of pyridine rings is 1. The number of nitrogens with zero attached hydrogens (tertiary/aromatic N) is 2. The van der Waals surface area contributed by atoms with E-state index in [0.717, 1.165) is 24.9 Å². The molecule has 1 aliphatic rings. The normalized spacial score (nSPS) is 22.9. The third-order valence-corrected chi connectivity index (χ3v) is 3.18. The molecular weight excluding hydrogens is 221 g/mol. The van der Waals surface area contributed by atoms with Gasteiger partial charge in [0, 0.05) is 12.7 Å². The monoisotopic (exact) mass is 231 g/mol. The van der Waals surface area contributed by atoms with Crippen LogP contribution in [0.3, 0.4) is 0 Å². The molecule has 0 aromatic carbocycles. The number of halogens is 2. The largest absolute Gasteiger partial charge is 0.268 e. The second-order valence-electron chi connectivity index (χ2n) is 3.44. The van der Waals surface area contributed by atoms with Gasteiger partial charge in [-0.2, -0.15) is 0 Å². The second-order valence-corrected chi connectivity index (χ2v) is 4.20. The van der Waals surface area contributed by atoms with Crippen molar-refractivity contribution >= 4 is 23.2 Å². The number of aromatic nitrogens is 1. The predicted molar refractivity (Wildman–Crippen MR) is 57.1 cm³/mol. The summed E-state index contributed by atoms with van der Waals surface area (Å²) in [6.07, 6.45) is 3.90. The van der Waals surface area contributed by atoms with Crippen LogP contribution >= 0.6 is 23.2 Å². The van der Waals surface area contributed by atoms with Gasteiger partial charge in [0.2, 0.25) is 0 Å². The fourth-order valence-electron chi connectivity index (χ4n) is 1.77. The summed E-state index contributed by atoms with van der Waals surface area (Å²) in [6, 6.07) is 2.07. The molecule has 1 aromatic heterocycles. The second kappa shape index (κ2) is 4.03. The van der Waals surface area contributed by atoms with Gasteiger partial charge in [-0.1, -0.05) is 23.2 Å². The first-order valence-corrected chi connectivity index (χ1v) is 5.26. The highest BCUT2D eigenvalue weighted by atomic mass is 35.5. The van der Waals surface area contributed by atoms with Crippen molar-refractivity contribution in [2.75, 3.05) is 6.54 Å². The van der Waals surface area contributed by atoms with E-state index in [1.807, 2.05) is 11.1 Å². The van der Waals surface area contributed by atoms with Gasteiger partial charge in [0.25, 0.3) is 0 Å². The van der Waals surface area contributed by atoms with Crippen molar-refractivity contribution in [1.82, 2.24) is 9.99 Å². The van der Waals surface area contributed by atoms with Crippen LogP contribution in [0.15, 0.2) is 12.3 Å². The zero-order valence-corrected chi connectivity index (χ0v) is 9.09. The fraction of sp³-hybridized carbons (Fsp3) is 0.444. The first kappa shape index (κ1) is 10.2. The maximum absolute atomic E-state index is 5.89. The molecule has 0 unspecified atom stereocenters. The Morgan fingerprint density at radius 1 is 1.50 bits per heavy atom. The van der Waals surface area contributed by atoms with Gasteiger partial charge in [-0.3, -0.25) is 5.84 Å². The van der Waals surface area contributed by atoms with E-state index in [2.05, 4.69) is 4.98 Å². The molecule has 0 aliphatic carbocycles. The Hall–Kier alpha value is -0.350. The molecule has 1 atom stereocenters. The van der Waals surface area contributed by atoms with E-state index in [1.165, 1.54) is 0 Å². The Labute approximate surface area is 92.8 Å². The SMILES string of the molecule is NN1CCC[C@H]1c1cnc(Cl)c(Cl)c1. The maximum Gasteiger partial charge on any atom is 0.147 e. The molecule has 3 nitrogen and oxygen atoms in total. The molecule has 14 heavy (non-hydrogen) atoms. The Kier molecular flexibility index (Phi) is 2.93. The molecule has 5 heteroatoms. The lowest BCUT2D eigenvalue weighted by Gasteiger charge is -2.19. The van der Waals surface area contributed by atoms with Crippen LogP contribution in [0, 0.1) is 0 Å². The average Bonchev–Trinajstić information content (AvgIpc) is 2.57. The Morgan fingerprint density at radius 3 is 2.86 bits per heavy atom. The summed E-state index contributed by atoms with van der Waals surface area (Å²) in [7, 11) is 0. The zero-order chi connectivity index (χ0) is 10.1. The topological polar surface area (TPSA) is 42.1 Å². The summed E-state index contributed by atoms with van der Waals surface area (Å²) in [5.41, 5.74) is 1.04. The Morgan fingerprint density at radius 2 is 2.29 bits per heavy atom. The van der Waals surface area contributed by atoms with Crippen LogP contribution in [0.5, 0.6) is 0 Å². The molecule has 0 radical (unpaired) electrons. The number of rotatable bonds is 1. The van der Waals surface area contributed by atoms with Crippen LogP contribution < -0.4 is 5.84 Å². The van der Waals surface area contributed by atoms with E-state index >= 15 is 0 Å². The Bertz CT molecular complexity index is 343. The van der Waals surface area contributed by atoms with Gasteiger partial charge in [0.15, 0.2) is 0 Å². The molecule has 1 aliphatic heterocycles. The van der Waals surface area contributed by atoms with Gasteiger partial charge in [-0.25, -0.2) is 9.99 Å². The van der Waals surface area contributed by atoms with Crippen LogP contribution in [0.4, 0.5) is 0 Å². The summed E-state index contributed by atoms with van der Waals surface area (Å²) >= 11 is 11.6. The van der Waals surface area contributed by atoms with Crippen molar-refractivity contribution in [1.29, 1.82) is 0 Å². The van der Waals surface area contributed by atoms with Crippen LogP contribution in [-0.2, 0) is 0 Å². The Balaban J connectivity index is 2.28. The van der Waals surface area contributed by atoms with E-state index in [4.69, 9.17) is 29.0 Å². The summed E-state index contributed by atoms with van der Waals surface area (Å²) < 4.78 is 0. The van der Waals surface area contributed by atoms with E-state index in [9.17, 15) is 0 Å². The van der Waals surface area contributed by atoms with E-state index in [-0.39, 0.29) is 6.04 Å². The summed E-state index contributed by atoms with van der Waals surface area (Å²) in [5.74, 6) is 5.83. The standard InChI is InChI=1S/C9H11Cl2N3/c10-7-4-6(5-13-9(7)11)8-2-1-3-14(8)12/h4-5,8H,1-3,12H2/t8-/m0/s1. The lowest BCUT2D eigenvalue weighted by Crippen LogP contribution is -2.30. The first-order chi connectivity index (χ1) is 6.68. The van der Waals surface area contributed by atoms with Gasteiger partial charge in [0.05, 0.1) is 11.1 Å². The molecule has 1 fully saturated rings. The van der Waals surface area contributed by atoms with Crippen LogP contribution in [0.1, 0.15) is 24.4 Å². The lowest BCUT2D eigenvalue weighted by atomic mass is 10.1. The molecule has 0 amide bonds. The van der Waals surface area contributed by atoms with E-state index in [1.54, 1.807) is 6.20 Å². The van der Waals surface area contributed by atoms with Crippen molar-refractivity contribution < 1.29 is 0 Å². The van der Waals surface area contributed by atoms with Gasteiger partial charge in [0.1, 0.15) is 5.15 Å². The van der Waals surface area contributed by atoms with Crippen molar-refractivity contribution in [3.05, 3.63) is 28.0 Å². The van der Waals surface area contributed by atoms with Crippen LogP contribution in [0.25, 0.3) is 0 Å². The third-order valence-electron chi connectivity index (χ3n) is 2.50. The number of hydrogen-bond acceptors (Lipinski definition) is 3. The molecule has 2 N–H and O–H groups in total. The summed E-state index contributed by atoms with van der Waals surface area (Å²) in [6.45, 7) is 0.922. The predicted octanol–water partition coefficient (Wildman–Crippen LogP) is 2.40. The molecule has 0 bridgehead atoms. The smallest absolute Gasteiger partial charge is 0.147 e. The fourth-order valence-corrected chi connectivity index (χ4v) is 2.04. The molecule has 2 rings (SSSR count). The van der Waals surface area contributed by atoms with Gasteiger partial charge in [-0.15, -0.1) is 0 Å². The van der Waals surface area contributed by atoms with Gasteiger partial charge in [-0.05, 0) is 24.5 Å². The third kappa shape index (κ3) is 1.86. The van der Waals surface area contributed by atoms with Gasteiger partial charge >= 0.3 is 0 Å². The molecule has 0 saturated carbocycles. The minimum atomic E-state index is 0.234. The summed E-state index contributed by atoms with van der Waals surface area (Å²) in [4.78, 5) is 4.01. The number of hydrogen-bond donors (Lipinski definition) is 1. The highest BCUT2D eigenvalue weighted by Gasteiger charge is 2.23. The quantitative estimate of drug-likeness (QED) is 0.597. The number of hydrazine groups is 1. The van der Waals surface area contributed by atoms with Crippen LogP contribution in [0.2, 0.25) is 10.2 Å². The number of nitrogens with two attached hydrogens (primary N) is 1. The minimum Gasteiger partial charge on any atom is -0.268 e. The average molecular weight is 232 g/mol.